The Hall–Kier alpha value is -13.3. The lowest BCUT2D eigenvalue weighted by Gasteiger charge is -2.25. The van der Waals surface area contributed by atoms with Crippen molar-refractivity contribution < 1.29 is 57.2 Å². The van der Waals surface area contributed by atoms with E-state index in [1.807, 2.05) is 182 Å². The summed E-state index contributed by atoms with van der Waals surface area (Å²) >= 11 is 3.59. The molecule has 0 aliphatic heterocycles. The lowest BCUT2D eigenvalue weighted by atomic mass is 10.1. The van der Waals surface area contributed by atoms with Crippen molar-refractivity contribution in [3.8, 4) is 49.6 Å². The zero-order valence-electron chi connectivity index (χ0n) is 62.9. The SMILES string of the molecule is Cc1c(-c2ncco2)sc2c1c(=O)n(C(C)(C)C(=O)O)c(=O)n2CC(Oc1ccccc1)c1ccccc1.Cc1c(-c2ncco2)sc2c1c(=O)n(C(C)(C)C(=O)O)c(=O)n2C[C@@H](Oc1ccccc1)c1ccccc1.Cc1c(-c2ncco2)sc2c1c(=O)n(C(C)(C)C(=O)O)c(=O)n2C[C@H](Oc1ccccc1)c1ccccc1. The van der Waals surface area contributed by atoms with Crippen LogP contribution in [0.15, 0.2) is 261 Å². The van der Waals surface area contributed by atoms with Crippen molar-refractivity contribution in [1.82, 2.24) is 42.4 Å². The maximum absolute atomic E-state index is 14.0. The molecule has 0 saturated carbocycles. The summed E-state index contributed by atoms with van der Waals surface area (Å²) in [6.07, 6.45) is 6.92. The van der Waals surface area contributed by atoms with Gasteiger partial charge >= 0.3 is 35.0 Å². The Balaban J connectivity index is 0.000000149. The number of carboxylic acids is 3. The van der Waals surface area contributed by atoms with Gasteiger partial charge in [0.2, 0.25) is 17.7 Å². The molecule has 0 radical (unpaired) electrons. The molecule has 3 atom stereocenters. The van der Waals surface area contributed by atoms with Crippen LogP contribution in [0, 0.1) is 20.8 Å². The Morgan fingerprint density at radius 2 is 0.588 bits per heavy atom. The Bertz CT molecular complexity index is 5770. The highest BCUT2D eigenvalue weighted by Crippen LogP contribution is 2.41. The number of aliphatic carboxylic acids is 3. The van der Waals surface area contributed by atoms with Crippen molar-refractivity contribution in [2.45, 2.75) is 117 Å². The summed E-state index contributed by atoms with van der Waals surface area (Å²) in [6.45, 7) is 13.3. The minimum Gasteiger partial charge on any atom is -0.484 e. The second kappa shape index (κ2) is 32.6. The number of aromatic nitrogens is 9. The van der Waals surface area contributed by atoms with Crippen LogP contribution < -0.4 is 48.0 Å². The Kier molecular flexibility index (Phi) is 22.5. The molecular weight excluding hydrogens is 1520 g/mol. The predicted octanol–water partition coefficient (Wildman–Crippen LogP) is 14.5. The Labute approximate surface area is 659 Å². The number of carboxylic acid groups (broad SMARTS) is 3. The fourth-order valence-corrected chi connectivity index (χ4v) is 16.8. The highest BCUT2D eigenvalue weighted by atomic mass is 32.1. The van der Waals surface area contributed by atoms with Crippen LogP contribution in [0.5, 0.6) is 17.2 Å². The molecule has 30 heteroatoms. The fourth-order valence-electron chi connectivity index (χ4n) is 13.0. The lowest BCUT2D eigenvalue weighted by Crippen LogP contribution is -2.52. The van der Waals surface area contributed by atoms with Gasteiger partial charge in [0, 0.05) is 0 Å². The number of fused-ring (bicyclic) bond motifs is 3. The van der Waals surface area contributed by atoms with Gasteiger partial charge in [-0.3, -0.25) is 28.1 Å². The molecule has 114 heavy (non-hydrogen) atoms. The van der Waals surface area contributed by atoms with Crippen molar-refractivity contribution in [3.63, 3.8) is 0 Å². The van der Waals surface area contributed by atoms with E-state index in [0.717, 1.165) is 30.4 Å². The average Bonchev–Trinajstić information content (AvgIpc) is 1.54. The first-order chi connectivity index (χ1) is 54.6. The number of thiophene rings is 3. The van der Waals surface area contributed by atoms with Crippen LogP contribution in [0.25, 0.3) is 63.0 Å². The van der Waals surface area contributed by atoms with Crippen molar-refractivity contribution in [2.75, 3.05) is 0 Å². The van der Waals surface area contributed by atoms with Crippen molar-refractivity contribution in [3.05, 3.63) is 315 Å². The van der Waals surface area contributed by atoms with Gasteiger partial charge in [-0.1, -0.05) is 146 Å². The summed E-state index contributed by atoms with van der Waals surface area (Å²) in [6, 6.07) is 55.9. The number of para-hydroxylation sites is 3. The number of benzene rings is 6. The normalized spacial score (nSPS) is 12.5. The zero-order valence-corrected chi connectivity index (χ0v) is 65.3. The minimum absolute atomic E-state index is 0.0230. The van der Waals surface area contributed by atoms with Crippen LogP contribution in [0.4, 0.5) is 0 Å². The van der Waals surface area contributed by atoms with Crippen molar-refractivity contribution >= 4 is 82.6 Å². The standard InChI is InChI=1S/3C28H25N3O6S/c3*1-17-21-24(32)31(28(2,3)26(33)34)27(35)30(25(21)38-22(17)23-29-14-15-36-23)16-20(18-10-6-4-7-11-18)37-19-12-8-5-9-13-19/h3*4-15,20H,16H2,1-3H3,(H,33,34)/t2*20-;/m10./s1. The first-order valence-corrected chi connectivity index (χ1v) is 38.1. The van der Waals surface area contributed by atoms with E-state index in [0.29, 0.717) is 80.7 Å². The highest BCUT2D eigenvalue weighted by molar-refractivity contribution is 7.22. The summed E-state index contributed by atoms with van der Waals surface area (Å²) in [5, 5.41) is 30.5. The highest BCUT2D eigenvalue weighted by Gasteiger charge is 2.40. The summed E-state index contributed by atoms with van der Waals surface area (Å²) in [5.74, 6) is -1.16. The molecule has 9 aromatic heterocycles. The van der Waals surface area contributed by atoms with Gasteiger partial charge in [-0.05, 0) is 132 Å². The molecule has 3 N–H and O–H groups in total. The van der Waals surface area contributed by atoms with Crippen LogP contribution in [-0.4, -0.2) is 75.6 Å². The Morgan fingerprint density at radius 3 is 0.789 bits per heavy atom. The number of oxazole rings is 3. The van der Waals surface area contributed by atoms with Crippen LogP contribution in [-0.2, 0) is 50.6 Å². The summed E-state index contributed by atoms with van der Waals surface area (Å²) in [4.78, 5) is 135. The number of aryl methyl sites for hydroxylation is 3. The van der Waals surface area contributed by atoms with Crippen LogP contribution in [0.1, 0.15) is 93.2 Å². The van der Waals surface area contributed by atoms with E-state index in [1.165, 1.54) is 127 Å². The van der Waals surface area contributed by atoms with Gasteiger partial charge in [-0.2, -0.15) is 0 Å². The van der Waals surface area contributed by atoms with Crippen molar-refractivity contribution in [1.29, 1.82) is 0 Å². The van der Waals surface area contributed by atoms with E-state index in [2.05, 4.69) is 15.0 Å². The average molecular weight is 1590 g/mol. The molecule has 1 unspecified atom stereocenters. The molecule has 15 aromatic rings. The third-order valence-corrected chi connectivity index (χ3v) is 23.3. The van der Waals surface area contributed by atoms with Gasteiger partial charge in [0.05, 0.1) is 69.0 Å². The topological polar surface area (TPSA) is 350 Å². The number of hydrogen-bond acceptors (Lipinski definition) is 21. The molecule has 0 aliphatic rings. The van der Waals surface area contributed by atoms with Crippen LogP contribution >= 0.6 is 34.0 Å². The van der Waals surface area contributed by atoms with E-state index in [-0.39, 0.29) is 35.8 Å². The maximum atomic E-state index is 14.0. The maximum Gasteiger partial charge on any atom is 0.333 e. The molecule has 9 heterocycles. The van der Waals surface area contributed by atoms with Gasteiger partial charge in [-0.15, -0.1) is 34.0 Å². The molecule has 0 bridgehead atoms. The summed E-state index contributed by atoms with van der Waals surface area (Å²) in [7, 11) is 0. The molecule has 0 saturated heterocycles. The van der Waals surface area contributed by atoms with Gasteiger partial charge in [0.1, 0.15) is 85.5 Å². The Morgan fingerprint density at radius 1 is 0.368 bits per heavy atom. The fraction of sp³-hybridized carbons (Fsp3) is 0.214. The van der Waals surface area contributed by atoms with Gasteiger partial charge in [0.15, 0.2) is 0 Å². The third kappa shape index (κ3) is 15.3. The third-order valence-electron chi connectivity index (χ3n) is 19.4. The number of carbonyl (C=O) groups is 3. The number of ether oxygens (including phenoxy) is 3. The first-order valence-electron chi connectivity index (χ1n) is 35.7. The molecule has 0 aliphatic carbocycles. The zero-order chi connectivity index (χ0) is 81.1. The van der Waals surface area contributed by atoms with Gasteiger partial charge < -0.3 is 42.8 Å². The summed E-state index contributed by atoms with van der Waals surface area (Å²) < 4.78 is 42.2. The van der Waals surface area contributed by atoms with Gasteiger partial charge in [0.25, 0.3) is 16.7 Å². The van der Waals surface area contributed by atoms with E-state index >= 15 is 0 Å². The van der Waals surface area contributed by atoms with Crippen LogP contribution in [0.2, 0.25) is 0 Å². The molecule has 15 rings (SSSR count). The van der Waals surface area contributed by atoms with Crippen LogP contribution in [0.3, 0.4) is 0 Å². The summed E-state index contributed by atoms with van der Waals surface area (Å²) in [5.41, 5.74) is -5.56. The number of nitrogens with zero attached hydrogens (tertiary/aromatic N) is 9. The predicted molar refractivity (Wildman–Crippen MR) is 431 cm³/mol. The quantitative estimate of drug-likeness (QED) is 0.0506. The van der Waals surface area contributed by atoms with E-state index in [1.54, 1.807) is 20.8 Å². The molecule has 0 spiro atoms. The smallest absolute Gasteiger partial charge is 0.333 e. The first kappa shape index (κ1) is 78.8. The number of hydrogen-bond donors (Lipinski definition) is 3. The molecule has 0 fully saturated rings. The molecule has 6 aromatic carbocycles. The van der Waals surface area contributed by atoms with Gasteiger partial charge in [-0.25, -0.2) is 57.4 Å². The largest absolute Gasteiger partial charge is 0.484 e. The monoisotopic (exact) mass is 1590 g/mol. The number of rotatable bonds is 24. The molecular formula is C84H75N9O18S3. The lowest BCUT2D eigenvalue weighted by molar-refractivity contribution is -0.146. The molecule has 27 nitrogen and oxygen atoms in total. The van der Waals surface area contributed by atoms with Crippen molar-refractivity contribution in [2.24, 2.45) is 0 Å². The second-order valence-electron chi connectivity index (χ2n) is 27.9. The van der Waals surface area contributed by atoms with E-state index in [4.69, 9.17) is 27.5 Å². The molecule has 0 amide bonds. The van der Waals surface area contributed by atoms with E-state index in [9.17, 15) is 58.5 Å². The molecule has 582 valence electrons. The minimum atomic E-state index is -1.80. The van der Waals surface area contributed by atoms with E-state index < -0.39 is 86.6 Å². The second-order valence-corrected chi connectivity index (χ2v) is 30.9.